The summed E-state index contributed by atoms with van der Waals surface area (Å²) in [4.78, 5) is 22.9. The normalized spacial score (nSPS) is 13.3. The Balaban J connectivity index is 2.64. The third-order valence-electron chi connectivity index (χ3n) is 3.15. The summed E-state index contributed by atoms with van der Waals surface area (Å²) in [6.45, 7) is 8.04. The molecule has 116 valence electrons. The zero-order chi connectivity index (χ0) is 15.8. The van der Waals surface area contributed by atoms with E-state index in [4.69, 9.17) is 0 Å². The molecule has 0 aliphatic heterocycles. The highest BCUT2D eigenvalue weighted by Gasteiger charge is 2.15. The van der Waals surface area contributed by atoms with Crippen molar-refractivity contribution in [2.24, 2.45) is 0 Å². The average Bonchev–Trinajstić information content (AvgIpc) is 2.44. The number of rotatable bonds is 7. The highest BCUT2D eigenvalue weighted by Crippen LogP contribution is 2.17. The van der Waals surface area contributed by atoms with E-state index in [0.717, 1.165) is 17.7 Å². The fourth-order valence-corrected chi connectivity index (χ4v) is 2.04. The third kappa shape index (κ3) is 5.95. The lowest BCUT2D eigenvalue weighted by molar-refractivity contribution is -0.123. The predicted molar refractivity (Wildman–Crippen MR) is 85.1 cm³/mol. The molecule has 0 spiro atoms. The summed E-state index contributed by atoms with van der Waals surface area (Å²) in [5.74, 6) is -0.0956. The van der Waals surface area contributed by atoms with Crippen LogP contribution in [0.25, 0.3) is 0 Å². The molecule has 0 heterocycles. The topological polar surface area (TPSA) is 70.2 Å². The Bertz CT molecular complexity index is 488. The lowest BCUT2D eigenvalue weighted by Gasteiger charge is -2.20. The summed E-state index contributed by atoms with van der Waals surface area (Å²) in [7, 11) is 0. The van der Waals surface area contributed by atoms with Gasteiger partial charge in [-0.1, -0.05) is 19.1 Å². The van der Waals surface area contributed by atoms with Gasteiger partial charge in [0.05, 0.1) is 6.04 Å². The molecule has 0 fully saturated rings. The molecule has 1 aromatic rings. The lowest BCUT2D eigenvalue weighted by Crippen LogP contribution is -2.43. The lowest BCUT2D eigenvalue weighted by atomic mass is 10.1. The van der Waals surface area contributed by atoms with E-state index in [-0.39, 0.29) is 23.9 Å². The molecule has 2 amide bonds. The van der Waals surface area contributed by atoms with Crippen LogP contribution in [-0.2, 0) is 9.59 Å². The fraction of sp³-hybridized carbons (Fsp3) is 0.500. The summed E-state index contributed by atoms with van der Waals surface area (Å²) >= 11 is 0. The van der Waals surface area contributed by atoms with Crippen LogP contribution in [0.1, 0.15) is 45.7 Å². The Morgan fingerprint density at radius 1 is 1.24 bits per heavy atom. The molecule has 0 saturated carbocycles. The summed E-state index contributed by atoms with van der Waals surface area (Å²) in [5.41, 5.74) is 1.79. The minimum atomic E-state index is -0.268. The van der Waals surface area contributed by atoms with Crippen LogP contribution < -0.4 is 16.0 Å². The van der Waals surface area contributed by atoms with E-state index in [1.807, 2.05) is 45.0 Å². The van der Waals surface area contributed by atoms with Crippen molar-refractivity contribution in [1.29, 1.82) is 0 Å². The van der Waals surface area contributed by atoms with Crippen molar-refractivity contribution in [2.45, 2.75) is 46.2 Å². The largest absolute Gasteiger partial charge is 0.355 e. The van der Waals surface area contributed by atoms with Crippen LogP contribution in [0, 0.1) is 0 Å². The van der Waals surface area contributed by atoms with Gasteiger partial charge in [-0.05, 0) is 38.0 Å². The van der Waals surface area contributed by atoms with Crippen LogP contribution in [0.5, 0.6) is 0 Å². The molecular weight excluding hydrogens is 266 g/mol. The maximum absolute atomic E-state index is 11.9. The van der Waals surface area contributed by atoms with Gasteiger partial charge in [0.1, 0.15) is 0 Å². The van der Waals surface area contributed by atoms with Gasteiger partial charge >= 0.3 is 0 Å². The van der Waals surface area contributed by atoms with E-state index >= 15 is 0 Å². The molecule has 21 heavy (non-hydrogen) atoms. The number of carbonyl (C=O) groups is 2. The molecule has 0 aliphatic carbocycles. The maximum atomic E-state index is 11.9. The smallest absolute Gasteiger partial charge is 0.236 e. The van der Waals surface area contributed by atoms with Crippen molar-refractivity contribution in [3.8, 4) is 0 Å². The van der Waals surface area contributed by atoms with Crippen LogP contribution in [-0.4, -0.2) is 24.4 Å². The molecular formula is C16H25N3O2. The molecule has 5 nitrogen and oxygen atoms in total. The van der Waals surface area contributed by atoms with Gasteiger partial charge in [0.25, 0.3) is 0 Å². The molecule has 0 aliphatic rings. The number of carbonyl (C=O) groups excluding carboxylic acids is 2. The van der Waals surface area contributed by atoms with Crippen molar-refractivity contribution in [3.05, 3.63) is 29.8 Å². The van der Waals surface area contributed by atoms with Crippen LogP contribution in [0.15, 0.2) is 24.3 Å². The first kappa shape index (κ1) is 17.2. The first-order chi connectivity index (χ1) is 9.93. The molecule has 2 atom stereocenters. The highest BCUT2D eigenvalue weighted by molar-refractivity contribution is 5.88. The van der Waals surface area contributed by atoms with Crippen molar-refractivity contribution in [3.63, 3.8) is 0 Å². The van der Waals surface area contributed by atoms with Crippen LogP contribution in [0.4, 0.5) is 5.69 Å². The minimum absolute atomic E-state index is 0.00159. The molecule has 1 aromatic carbocycles. The monoisotopic (exact) mass is 291 g/mol. The zero-order valence-electron chi connectivity index (χ0n) is 13.2. The second kappa shape index (κ2) is 8.42. The summed E-state index contributed by atoms with van der Waals surface area (Å²) in [6.07, 6.45) is 0.923. The number of anilines is 1. The Labute approximate surface area is 126 Å². The second-order valence-corrected chi connectivity index (χ2v) is 5.21. The van der Waals surface area contributed by atoms with Gasteiger partial charge in [0.2, 0.25) is 11.8 Å². The number of hydrogen-bond donors (Lipinski definition) is 3. The molecule has 0 radical (unpaired) electrons. The van der Waals surface area contributed by atoms with Crippen LogP contribution >= 0.6 is 0 Å². The van der Waals surface area contributed by atoms with Gasteiger partial charge < -0.3 is 10.6 Å². The van der Waals surface area contributed by atoms with Gasteiger partial charge in [-0.3, -0.25) is 14.9 Å². The van der Waals surface area contributed by atoms with Gasteiger partial charge in [0, 0.05) is 25.2 Å². The summed E-state index contributed by atoms with van der Waals surface area (Å²) in [5, 5.41) is 8.89. The molecule has 2 unspecified atom stereocenters. The van der Waals surface area contributed by atoms with E-state index in [2.05, 4.69) is 16.0 Å². The summed E-state index contributed by atoms with van der Waals surface area (Å²) in [6, 6.07) is 7.36. The Hall–Kier alpha value is -1.88. The van der Waals surface area contributed by atoms with Crippen molar-refractivity contribution in [1.82, 2.24) is 10.6 Å². The standard InChI is InChI=1S/C16H25N3O2/c1-5-9-17-16(21)12(3)18-11(2)14-7-6-8-15(10-14)19-13(4)20/h6-8,10-12,18H,5,9H2,1-4H3,(H,17,21)(H,19,20). The SMILES string of the molecule is CCCNC(=O)C(C)NC(C)c1cccc(NC(C)=O)c1. The highest BCUT2D eigenvalue weighted by atomic mass is 16.2. The zero-order valence-corrected chi connectivity index (χ0v) is 13.2. The first-order valence-electron chi connectivity index (χ1n) is 7.35. The third-order valence-corrected chi connectivity index (χ3v) is 3.15. The van der Waals surface area contributed by atoms with E-state index in [1.54, 1.807) is 0 Å². The van der Waals surface area contributed by atoms with E-state index < -0.39 is 0 Å². The Morgan fingerprint density at radius 2 is 1.95 bits per heavy atom. The predicted octanol–water partition coefficient (Wildman–Crippen LogP) is 2.21. The van der Waals surface area contributed by atoms with Gasteiger partial charge in [-0.25, -0.2) is 0 Å². The molecule has 3 N–H and O–H groups in total. The van der Waals surface area contributed by atoms with E-state index in [0.29, 0.717) is 6.54 Å². The molecule has 0 saturated heterocycles. The first-order valence-corrected chi connectivity index (χ1v) is 7.35. The van der Waals surface area contributed by atoms with Crippen LogP contribution in [0.2, 0.25) is 0 Å². The van der Waals surface area contributed by atoms with Gasteiger partial charge in [0.15, 0.2) is 0 Å². The number of amides is 2. The van der Waals surface area contributed by atoms with E-state index in [1.165, 1.54) is 6.92 Å². The minimum Gasteiger partial charge on any atom is -0.355 e. The number of benzene rings is 1. The fourth-order valence-electron chi connectivity index (χ4n) is 2.04. The van der Waals surface area contributed by atoms with Crippen LogP contribution in [0.3, 0.4) is 0 Å². The van der Waals surface area contributed by atoms with Crippen molar-refractivity contribution < 1.29 is 9.59 Å². The van der Waals surface area contributed by atoms with Crippen molar-refractivity contribution in [2.75, 3.05) is 11.9 Å². The average molecular weight is 291 g/mol. The van der Waals surface area contributed by atoms with E-state index in [9.17, 15) is 9.59 Å². The van der Waals surface area contributed by atoms with Crippen molar-refractivity contribution >= 4 is 17.5 Å². The Morgan fingerprint density at radius 3 is 2.57 bits per heavy atom. The molecule has 1 rings (SSSR count). The van der Waals surface area contributed by atoms with Gasteiger partial charge in [-0.15, -0.1) is 0 Å². The second-order valence-electron chi connectivity index (χ2n) is 5.21. The molecule has 5 heteroatoms. The molecule has 0 aromatic heterocycles. The summed E-state index contributed by atoms with van der Waals surface area (Å²) < 4.78 is 0. The quantitative estimate of drug-likeness (QED) is 0.721. The molecule has 0 bridgehead atoms. The maximum Gasteiger partial charge on any atom is 0.236 e. The Kier molecular flexibility index (Phi) is 6.88. The van der Waals surface area contributed by atoms with Gasteiger partial charge in [-0.2, -0.15) is 0 Å². The number of hydrogen-bond acceptors (Lipinski definition) is 3. The number of nitrogens with one attached hydrogen (secondary N) is 3.